The highest BCUT2D eigenvalue weighted by molar-refractivity contribution is 6.20. The SMILES string of the molecule is CCOC(=O)CCC(Cl)CC(C)(C)OC. The number of carbonyl (C=O) groups is 1. The molecule has 0 spiro atoms. The van der Waals surface area contributed by atoms with Crippen LogP contribution in [-0.2, 0) is 14.3 Å². The normalized spacial score (nSPS) is 13.7. The van der Waals surface area contributed by atoms with Crippen molar-refractivity contribution in [3.63, 3.8) is 0 Å². The number of esters is 1. The maximum atomic E-state index is 11.1. The minimum absolute atomic E-state index is 0.0515. The number of carbonyl (C=O) groups excluding carboxylic acids is 1. The van der Waals surface area contributed by atoms with Crippen molar-refractivity contribution in [1.82, 2.24) is 0 Å². The third kappa shape index (κ3) is 7.63. The molecule has 0 rings (SSSR count). The van der Waals surface area contributed by atoms with Gasteiger partial charge in [-0.2, -0.15) is 0 Å². The molecule has 0 aromatic carbocycles. The van der Waals surface area contributed by atoms with Crippen molar-refractivity contribution in [2.75, 3.05) is 13.7 Å². The smallest absolute Gasteiger partial charge is 0.305 e. The van der Waals surface area contributed by atoms with Crippen molar-refractivity contribution in [3.8, 4) is 0 Å². The van der Waals surface area contributed by atoms with E-state index in [1.165, 1.54) is 0 Å². The second kappa shape index (κ2) is 7.07. The van der Waals surface area contributed by atoms with Crippen LogP contribution in [0.25, 0.3) is 0 Å². The summed E-state index contributed by atoms with van der Waals surface area (Å²) in [6.07, 6.45) is 1.74. The van der Waals surface area contributed by atoms with Crippen LogP contribution in [0, 0.1) is 0 Å². The summed E-state index contributed by atoms with van der Waals surface area (Å²) < 4.78 is 10.1. The molecule has 0 fully saturated rings. The Morgan fingerprint density at radius 2 is 2.07 bits per heavy atom. The van der Waals surface area contributed by atoms with Gasteiger partial charge in [0.05, 0.1) is 12.2 Å². The van der Waals surface area contributed by atoms with Crippen molar-refractivity contribution in [3.05, 3.63) is 0 Å². The first kappa shape index (κ1) is 14.7. The highest BCUT2D eigenvalue weighted by Gasteiger charge is 2.21. The standard InChI is InChI=1S/C11H21ClO3/c1-5-15-10(13)7-6-9(12)8-11(2,3)14-4/h9H,5-8H2,1-4H3. The zero-order chi connectivity index (χ0) is 11.9. The van der Waals surface area contributed by atoms with Gasteiger partial charge in [0.1, 0.15) is 0 Å². The van der Waals surface area contributed by atoms with Crippen LogP contribution >= 0.6 is 11.6 Å². The van der Waals surface area contributed by atoms with Crippen LogP contribution in [0.1, 0.15) is 40.0 Å². The summed E-state index contributed by atoms with van der Waals surface area (Å²) in [5.41, 5.74) is -0.235. The summed E-state index contributed by atoms with van der Waals surface area (Å²) in [5, 5.41) is -0.0515. The van der Waals surface area contributed by atoms with E-state index in [0.29, 0.717) is 19.4 Å². The van der Waals surface area contributed by atoms with Gasteiger partial charge < -0.3 is 9.47 Å². The van der Waals surface area contributed by atoms with Crippen molar-refractivity contribution >= 4 is 17.6 Å². The molecule has 1 unspecified atom stereocenters. The summed E-state index contributed by atoms with van der Waals surface area (Å²) in [6, 6.07) is 0. The Labute approximate surface area is 97.1 Å². The lowest BCUT2D eigenvalue weighted by atomic mass is 10.00. The third-order valence-corrected chi connectivity index (χ3v) is 2.61. The number of hydrogen-bond donors (Lipinski definition) is 0. The van der Waals surface area contributed by atoms with Gasteiger partial charge in [-0.25, -0.2) is 0 Å². The number of halogens is 1. The summed E-state index contributed by atoms with van der Waals surface area (Å²) in [7, 11) is 1.66. The van der Waals surface area contributed by atoms with E-state index in [0.717, 1.165) is 6.42 Å². The van der Waals surface area contributed by atoms with Gasteiger partial charge in [0.2, 0.25) is 0 Å². The fourth-order valence-electron chi connectivity index (χ4n) is 1.23. The van der Waals surface area contributed by atoms with E-state index in [-0.39, 0.29) is 16.9 Å². The van der Waals surface area contributed by atoms with Crippen LogP contribution in [0.3, 0.4) is 0 Å². The van der Waals surface area contributed by atoms with E-state index in [1.54, 1.807) is 14.0 Å². The van der Waals surface area contributed by atoms with E-state index in [9.17, 15) is 4.79 Å². The third-order valence-electron chi connectivity index (χ3n) is 2.23. The van der Waals surface area contributed by atoms with Crippen LogP contribution in [0.15, 0.2) is 0 Å². The number of ether oxygens (including phenoxy) is 2. The molecule has 0 N–H and O–H groups in total. The first-order valence-electron chi connectivity index (χ1n) is 5.26. The number of alkyl halides is 1. The number of rotatable bonds is 7. The molecule has 0 aromatic heterocycles. The Bertz CT molecular complexity index is 192. The largest absolute Gasteiger partial charge is 0.466 e. The van der Waals surface area contributed by atoms with Crippen LogP contribution in [-0.4, -0.2) is 30.7 Å². The Hall–Kier alpha value is -0.280. The Morgan fingerprint density at radius 3 is 2.53 bits per heavy atom. The molecule has 0 amide bonds. The van der Waals surface area contributed by atoms with Gasteiger partial charge in [-0.3, -0.25) is 4.79 Å². The van der Waals surface area contributed by atoms with Crippen molar-refractivity contribution < 1.29 is 14.3 Å². The minimum atomic E-state index is -0.235. The summed E-state index contributed by atoms with van der Waals surface area (Å²) in [4.78, 5) is 11.1. The van der Waals surface area contributed by atoms with Gasteiger partial charge >= 0.3 is 5.97 Å². The van der Waals surface area contributed by atoms with Crippen molar-refractivity contribution in [1.29, 1.82) is 0 Å². The summed E-state index contributed by atoms with van der Waals surface area (Å²) in [6.45, 7) is 6.18. The first-order chi connectivity index (χ1) is 6.91. The lowest BCUT2D eigenvalue weighted by Crippen LogP contribution is -2.27. The quantitative estimate of drug-likeness (QED) is 0.504. The highest BCUT2D eigenvalue weighted by atomic mass is 35.5. The molecule has 0 radical (unpaired) electrons. The average Bonchev–Trinajstić information content (AvgIpc) is 2.15. The predicted octanol–water partition coefficient (Wildman–Crippen LogP) is 2.75. The monoisotopic (exact) mass is 236 g/mol. The fourth-order valence-corrected chi connectivity index (χ4v) is 1.71. The van der Waals surface area contributed by atoms with E-state index in [4.69, 9.17) is 21.1 Å². The lowest BCUT2D eigenvalue weighted by molar-refractivity contribution is -0.143. The van der Waals surface area contributed by atoms with Gasteiger partial charge in [-0.1, -0.05) is 0 Å². The number of hydrogen-bond acceptors (Lipinski definition) is 3. The van der Waals surface area contributed by atoms with Crippen molar-refractivity contribution in [2.45, 2.75) is 51.0 Å². The average molecular weight is 237 g/mol. The summed E-state index contributed by atoms with van der Waals surface area (Å²) >= 11 is 6.10. The maximum Gasteiger partial charge on any atom is 0.305 e. The van der Waals surface area contributed by atoms with Gasteiger partial charge in [-0.15, -0.1) is 11.6 Å². The van der Waals surface area contributed by atoms with E-state index >= 15 is 0 Å². The first-order valence-corrected chi connectivity index (χ1v) is 5.69. The molecule has 0 saturated carbocycles. The lowest BCUT2D eigenvalue weighted by Gasteiger charge is -2.25. The molecular weight excluding hydrogens is 216 g/mol. The van der Waals surface area contributed by atoms with E-state index in [1.807, 2.05) is 13.8 Å². The maximum absolute atomic E-state index is 11.1. The van der Waals surface area contributed by atoms with Gasteiger partial charge in [0.25, 0.3) is 0 Å². The Morgan fingerprint density at radius 1 is 1.47 bits per heavy atom. The molecule has 0 aromatic rings. The second-order valence-corrected chi connectivity index (χ2v) is 4.73. The van der Waals surface area contributed by atoms with E-state index < -0.39 is 0 Å². The zero-order valence-corrected chi connectivity index (χ0v) is 10.8. The molecule has 15 heavy (non-hydrogen) atoms. The Balaban J connectivity index is 3.75. The molecule has 0 aliphatic heterocycles. The molecule has 0 bridgehead atoms. The topological polar surface area (TPSA) is 35.5 Å². The summed E-state index contributed by atoms with van der Waals surface area (Å²) in [5.74, 6) is -0.182. The van der Waals surface area contributed by atoms with Gasteiger partial charge in [0.15, 0.2) is 0 Å². The zero-order valence-electron chi connectivity index (χ0n) is 10.0. The molecule has 3 nitrogen and oxygen atoms in total. The van der Waals surface area contributed by atoms with Crippen LogP contribution in [0.4, 0.5) is 0 Å². The second-order valence-electron chi connectivity index (χ2n) is 4.11. The molecule has 1 atom stereocenters. The number of methoxy groups -OCH3 is 1. The molecule has 0 aliphatic carbocycles. The predicted molar refractivity (Wildman–Crippen MR) is 61.2 cm³/mol. The molecular formula is C11H21ClO3. The molecule has 0 saturated heterocycles. The molecule has 4 heteroatoms. The van der Waals surface area contributed by atoms with E-state index in [2.05, 4.69) is 0 Å². The highest BCUT2D eigenvalue weighted by Crippen LogP contribution is 2.22. The fraction of sp³-hybridized carbons (Fsp3) is 0.909. The van der Waals surface area contributed by atoms with Crippen LogP contribution < -0.4 is 0 Å². The van der Waals surface area contributed by atoms with Crippen LogP contribution in [0.2, 0.25) is 0 Å². The molecule has 0 heterocycles. The van der Waals surface area contributed by atoms with Crippen molar-refractivity contribution in [2.24, 2.45) is 0 Å². The van der Waals surface area contributed by atoms with Gasteiger partial charge in [-0.05, 0) is 33.6 Å². The Kier molecular flexibility index (Phi) is 6.94. The molecule has 0 aliphatic rings. The molecule has 90 valence electrons. The minimum Gasteiger partial charge on any atom is -0.466 e. The van der Waals surface area contributed by atoms with Gasteiger partial charge in [0, 0.05) is 18.9 Å². The van der Waals surface area contributed by atoms with Crippen LogP contribution in [0.5, 0.6) is 0 Å².